The van der Waals surface area contributed by atoms with Gasteiger partial charge in [-0.3, -0.25) is 23.5 Å². The van der Waals surface area contributed by atoms with E-state index < -0.39 is 5.69 Å². The molecule has 1 N–H and O–H groups in total. The maximum Gasteiger partial charge on any atom is 0.331 e. The molecular formula is C28H26BrN3O6S. The molecule has 0 atom stereocenters. The minimum atomic E-state index is -0.502. The molecule has 0 fully saturated rings. The van der Waals surface area contributed by atoms with E-state index in [0.717, 1.165) is 10.0 Å². The van der Waals surface area contributed by atoms with Gasteiger partial charge in [-0.05, 0) is 54.1 Å². The van der Waals surface area contributed by atoms with E-state index in [1.165, 1.54) is 20.5 Å². The predicted molar refractivity (Wildman–Crippen MR) is 152 cm³/mol. The normalized spacial score (nSPS) is 12.1. The Hall–Kier alpha value is -3.70. The number of thiophene rings is 1. The lowest BCUT2D eigenvalue weighted by Gasteiger charge is -2.12. The number of amides is 1. The van der Waals surface area contributed by atoms with E-state index in [1.807, 2.05) is 18.2 Å². The highest BCUT2D eigenvalue weighted by atomic mass is 79.9. The van der Waals surface area contributed by atoms with Crippen molar-refractivity contribution in [2.24, 2.45) is 0 Å². The first-order valence-electron chi connectivity index (χ1n) is 12.6. The van der Waals surface area contributed by atoms with Crippen LogP contribution in [0.4, 0.5) is 0 Å². The van der Waals surface area contributed by atoms with E-state index in [-0.39, 0.29) is 37.1 Å². The van der Waals surface area contributed by atoms with Crippen LogP contribution in [0.3, 0.4) is 0 Å². The molecule has 0 bridgehead atoms. The van der Waals surface area contributed by atoms with Crippen LogP contribution in [-0.2, 0) is 24.4 Å². The fraction of sp³-hybridized carbons (Fsp3) is 0.286. The Kier molecular flexibility index (Phi) is 8.27. The smallest absolute Gasteiger partial charge is 0.331 e. The molecule has 2 aromatic carbocycles. The van der Waals surface area contributed by atoms with E-state index in [2.05, 4.69) is 21.2 Å². The number of nitrogens with one attached hydrogen (secondary N) is 1. The predicted octanol–water partition coefficient (Wildman–Crippen LogP) is 4.48. The first kappa shape index (κ1) is 26.9. The number of unbranched alkanes of at least 4 members (excludes halogenated alkanes) is 2. The van der Waals surface area contributed by atoms with Crippen molar-refractivity contribution in [2.75, 3.05) is 6.79 Å². The molecule has 0 spiro atoms. The summed E-state index contributed by atoms with van der Waals surface area (Å²) in [5, 5.41) is 4.65. The summed E-state index contributed by atoms with van der Waals surface area (Å²) >= 11 is 4.61. The summed E-state index contributed by atoms with van der Waals surface area (Å²) in [5.74, 6) is 1.09. The Morgan fingerprint density at radius 1 is 0.949 bits per heavy atom. The maximum absolute atomic E-state index is 13.3. The zero-order valence-corrected chi connectivity index (χ0v) is 23.4. The van der Waals surface area contributed by atoms with E-state index in [1.54, 1.807) is 35.7 Å². The number of carbonyl (C=O) groups is 2. The molecule has 9 nitrogen and oxygen atoms in total. The van der Waals surface area contributed by atoms with Crippen LogP contribution in [0.2, 0.25) is 0 Å². The molecule has 1 amide bonds. The van der Waals surface area contributed by atoms with Gasteiger partial charge in [-0.1, -0.05) is 40.5 Å². The lowest BCUT2D eigenvalue weighted by atomic mass is 10.1. The van der Waals surface area contributed by atoms with Crippen molar-refractivity contribution in [3.8, 4) is 11.5 Å². The number of aromatic nitrogens is 2. The summed E-state index contributed by atoms with van der Waals surface area (Å²) in [6.07, 6.45) is 2.19. The monoisotopic (exact) mass is 611 g/mol. The number of Topliss-reactive ketones (excluding diaryl/α,β-unsaturated/α-hetero) is 1. The van der Waals surface area contributed by atoms with Gasteiger partial charge in [0.2, 0.25) is 12.7 Å². The third-order valence-corrected chi connectivity index (χ3v) is 7.94. The fourth-order valence-electron chi connectivity index (χ4n) is 4.43. The molecule has 0 saturated heterocycles. The lowest BCUT2D eigenvalue weighted by molar-refractivity contribution is -0.121. The molecule has 0 unspecified atom stereocenters. The van der Waals surface area contributed by atoms with Gasteiger partial charge < -0.3 is 14.8 Å². The van der Waals surface area contributed by atoms with Crippen LogP contribution >= 0.6 is 27.3 Å². The highest BCUT2D eigenvalue weighted by Gasteiger charge is 2.17. The molecule has 202 valence electrons. The van der Waals surface area contributed by atoms with Crippen LogP contribution in [0.1, 0.15) is 41.6 Å². The van der Waals surface area contributed by atoms with Crippen molar-refractivity contribution in [3.63, 3.8) is 0 Å². The van der Waals surface area contributed by atoms with Crippen LogP contribution in [0.25, 0.3) is 10.2 Å². The Balaban J connectivity index is 1.16. The minimum absolute atomic E-state index is 0.0707. The number of hydrogen-bond acceptors (Lipinski definition) is 7. The molecule has 2 aromatic heterocycles. The molecule has 0 aliphatic carbocycles. The lowest BCUT2D eigenvalue weighted by Crippen LogP contribution is -2.40. The molecule has 0 radical (unpaired) electrons. The number of halogens is 1. The van der Waals surface area contributed by atoms with Crippen LogP contribution < -0.4 is 26.0 Å². The highest BCUT2D eigenvalue weighted by molar-refractivity contribution is 9.10. The van der Waals surface area contributed by atoms with Crippen molar-refractivity contribution in [1.29, 1.82) is 0 Å². The number of fused-ring (bicyclic) bond motifs is 2. The van der Waals surface area contributed by atoms with Gasteiger partial charge >= 0.3 is 5.69 Å². The molecule has 0 saturated carbocycles. The van der Waals surface area contributed by atoms with Crippen LogP contribution in [0.5, 0.6) is 11.5 Å². The number of rotatable bonds is 11. The van der Waals surface area contributed by atoms with Gasteiger partial charge in [-0.25, -0.2) is 4.79 Å². The standard InChI is InChI=1S/C28H26BrN3O6S/c29-20-8-6-19(7-9-20)22(33)16-32-21-11-13-39-26(21)27(35)31(28(32)36)12-3-1-2-4-25(34)30-15-18-5-10-23-24(14-18)38-17-37-23/h5-11,13-14H,1-4,12,15-17H2,(H,30,34). The van der Waals surface area contributed by atoms with Gasteiger partial charge in [0.05, 0.1) is 12.1 Å². The average molecular weight is 613 g/mol. The quantitative estimate of drug-likeness (QED) is 0.198. The second-order valence-electron chi connectivity index (χ2n) is 9.17. The van der Waals surface area contributed by atoms with Gasteiger partial charge in [-0.2, -0.15) is 0 Å². The molecule has 11 heteroatoms. The SMILES string of the molecule is O=C(CCCCCn1c(=O)c2sccc2n(CC(=O)c2ccc(Br)cc2)c1=O)NCc1ccc2c(c1)OCO2. The Bertz CT molecular complexity index is 1640. The van der Waals surface area contributed by atoms with Crippen molar-refractivity contribution >= 4 is 49.2 Å². The van der Waals surface area contributed by atoms with Crippen LogP contribution in [0, 0.1) is 0 Å². The Morgan fingerprint density at radius 3 is 2.56 bits per heavy atom. The average Bonchev–Trinajstić information content (AvgIpc) is 3.61. The molecular weight excluding hydrogens is 586 g/mol. The van der Waals surface area contributed by atoms with Crippen molar-refractivity contribution < 1.29 is 19.1 Å². The number of benzene rings is 2. The summed E-state index contributed by atoms with van der Waals surface area (Å²) in [6.45, 7) is 0.662. The van der Waals surface area contributed by atoms with Crippen molar-refractivity contribution in [3.05, 3.63) is 90.3 Å². The van der Waals surface area contributed by atoms with Crippen molar-refractivity contribution in [1.82, 2.24) is 14.5 Å². The summed E-state index contributed by atoms with van der Waals surface area (Å²) in [5.41, 5.74) is 1.03. The fourth-order valence-corrected chi connectivity index (χ4v) is 5.53. The zero-order chi connectivity index (χ0) is 27.4. The summed E-state index contributed by atoms with van der Waals surface area (Å²) in [7, 11) is 0. The van der Waals surface area contributed by atoms with Gasteiger partial charge in [0, 0.05) is 29.5 Å². The Labute approximate surface area is 236 Å². The third kappa shape index (κ3) is 6.15. The number of ketones is 1. The van der Waals surface area contributed by atoms with Gasteiger partial charge in [0.25, 0.3) is 5.56 Å². The van der Waals surface area contributed by atoms with E-state index in [9.17, 15) is 19.2 Å². The molecule has 4 aromatic rings. The second kappa shape index (κ2) is 12.0. The third-order valence-electron chi connectivity index (χ3n) is 6.52. The number of nitrogens with zero attached hydrogens (tertiary/aromatic N) is 2. The zero-order valence-electron chi connectivity index (χ0n) is 21.0. The van der Waals surface area contributed by atoms with E-state index in [0.29, 0.717) is 59.5 Å². The van der Waals surface area contributed by atoms with E-state index >= 15 is 0 Å². The summed E-state index contributed by atoms with van der Waals surface area (Å²) < 4.78 is 14.5. The van der Waals surface area contributed by atoms with Gasteiger partial charge in [-0.15, -0.1) is 11.3 Å². The summed E-state index contributed by atoms with van der Waals surface area (Å²) in [4.78, 5) is 51.5. The second-order valence-corrected chi connectivity index (χ2v) is 11.0. The number of carbonyl (C=O) groups excluding carboxylic acids is 2. The highest BCUT2D eigenvalue weighted by Crippen LogP contribution is 2.32. The van der Waals surface area contributed by atoms with Crippen LogP contribution in [-0.4, -0.2) is 27.6 Å². The van der Waals surface area contributed by atoms with Crippen molar-refractivity contribution in [2.45, 2.75) is 45.3 Å². The molecule has 5 rings (SSSR count). The van der Waals surface area contributed by atoms with Gasteiger partial charge in [0.15, 0.2) is 17.3 Å². The van der Waals surface area contributed by atoms with Crippen LogP contribution in [0.15, 0.2) is 68.0 Å². The topological polar surface area (TPSA) is 109 Å². The first-order valence-corrected chi connectivity index (χ1v) is 14.2. The molecule has 1 aliphatic rings. The number of hydrogen-bond donors (Lipinski definition) is 1. The largest absolute Gasteiger partial charge is 0.454 e. The first-order chi connectivity index (χ1) is 18.9. The number of ether oxygens (including phenoxy) is 2. The van der Waals surface area contributed by atoms with E-state index in [4.69, 9.17) is 9.47 Å². The molecule has 1 aliphatic heterocycles. The minimum Gasteiger partial charge on any atom is -0.454 e. The molecule has 39 heavy (non-hydrogen) atoms. The van der Waals surface area contributed by atoms with Gasteiger partial charge in [0.1, 0.15) is 4.70 Å². The summed E-state index contributed by atoms with van der Waals surface area (Å²) in [6, 6.07) is 14.2. The Morgan fingerprint density at radius 2 is 1.74 bits per heavy atom. The molecule has 3 heterocycles. The maximum atomic E-state index is 13.3.